The molecule has 0 fully saturated rings. The second-order valence-corrected chi connectivity index (χ2v) is 6.93. The molecule has 2 atom stereocenters. The molecule has 5 nitrogen and oxygen atoms in total. The first kappa shape index (κ1) is 19.3. The topological polar surface area (TPSA) is 78.8 Å². The maximum Gasteiger partial charge on any atom is 0.407 e. The minimum absolute atomic E-state index is 0.126. The fourth-order valence-corrected chi connectivity index (χ4v) is 2.68. The lowest BCUT2D eigenvalue weighted by Crippen LogP contribution is -2.39. The van der Waals surface area contributed by atoms with Crippen molar-refractivity contribution in [3.63, 3.8) is 0 Å². The summed E-state index contributed by atoms with van der Waals surface area (Å²) >= 11 is 17.7. The first-order valence-corrected chi connectivity index (χ1v) is 7.62. The Hall–Kier alpha value is -0.720. The van der Waals surface area contributed by atoms with Crippen LogP contribution in [0.4, 0.5) is 4.79 Å². The molecule has 1 amide bonds. The Kier molecular flexibility index (Phi) is 6.77. The molecule has 0 saturated heterocycles. The Morgan fingerprint density at radius 3 is 2.18 bits per heavy atom. The fourth-order valence-electron chi connectivity index (χ4n) is 1.64. The molecule has 0 aliphatic rings. The number of ether oxygens (including phenoxy) is 1. The van der Waals surface area contributed by atoms with E-state index in [0.29, 0.717) is 5.02 Å². The number of halogens is 3. The lowest BCUT2D eigenvalue weighted by atomic mass is 10.0. The standard InChI is InChI=1S/C14H18Cl3NO4/c1-14(2,3)22-13(21)18-6-10(19)12(20)11-8(16)4-7(15)5-9(11)17/h4-5,10,12,19-20H,6H2,1-3H3,(H,18,21). The van der Waals surface area contributed by atoms with Crippen LogP contribution in [0.15, 0.2) is 12.1 Å². The number of carbonyl (C=O) groups is 1. The summed E-state index contributed by atoms with van der Waals surface area (Å²) in [6.45, 7) is 4.91. The molecule has 22 heavy (non-hydrogen) atoms. The van der Waals surface area contributed by atoms with Crippen molar-refractivity contribution in [2.24, 2.45) is 0 Å². The van der Waals surface area contributed by atoms with E-state index in [4.69, 9.17) is 39.5 Å². The van der Waals surface area contributed by atoms with Crippen LogP contribution < -0.4 is 5.32 Å². The van der Waals surface area contributed by atoms with Crippen LogP contribution in [0.3, 0.4) is 0 Å². The van der Waals surface area contributed by atoms with Gasteiger partial charge in [0.05, 0.1) is 0 Å². The summed E-state index contributed by atoms with van der Waals surface area (Å²) in [4.78, 5) is 11.5. The van der Waals surface area contributed by atoms with E-state index in [2.05, 4.69) is 5.32 Å². The van der Waals surface area contributed by atoms with E-state index in [1.807, 2.05) is 0 Å². The molecule has 3 N–H and O–H groups in total. The molecule has 0 aliphatic heterocycles. The Labute approximate surface area is 144 Å². The van der Waals surface area contributed by atoms with Crippen LogP contribution in [0.5, 0.6) is 0 Å². The molecule has 0 bridgehead atoms. The Morgan fingerprint density at radius 2 is 1.73 bits per heavy atom. The van der Waals surface area contributed by atoms with Crippen molar-refractivity contribution in [2.75, 3.05) is 6.54 Å². The van der Waals surface area contributed by atoms with E-state index < -0.39 is 23.9 Å². The van der Waals surface area contributed by atoms with E-state index in [0.717, 1.165) is 0 Å². The van der Waals surface area contributed by atoms with Crippen molar-refractivity contribution in [2.45, 2.75) is 38.6 Å². The highest BCUT2D eigenvalue weighted by Gasteiger charge is 2.25. The van der Waals surface area contributed by atoms with Gasteiger partial charge in [-0.05, 0) is 32.9 Å². The summed E-state index contributed by atoms with van der Waals surface area (Å²) in [6.07, 6.45) is -3.40. The summed E-state index contributed by atoms with van der Waals surface area (Å²) in [5.41, 5.74) is -0.512. The predicted octanol–water partition coefficient (Wildman–Crippen LogP) is 3.57. The van der Waals surface area contributed by atoms with Crippen LogP contribution in [-0.2, 0) is 4.74 Å². The number of benzene rings is 1. The van der Waals surface area contributed by atoms with E-state index in [1.54, 1.807) is 20.8 Å². The van der Waals surface area contributed by atoms with Crippen molar-refractivity contribution >= 4 is 40.9 Å². The normalized spacial score (nSPS) is 14.4. The lowest BCUT2D eigenvalue weighted by molar-refractivity contribution is 0.0130. The lowest BCUT2D eigenvalue weighted by Gasteiger charge is -2.23. The third-order valence-corrected chi connectivity index (χ3v) is 3.40. The Morgan fingerprint density at radius 1 is 1.23 bits per heavy atom. The van der Waals surface area contributed by atoms with Crippen LogP contribution in [0.25, 0.3) is 0 Å². The van der Waals surface area contributed by atoms with Gasteiger partial charge in [-0.2, -0.15) is 0 Å². The van der Waals surface area contributed by atoms with Crippen LogP contribution in [0.1, 0.15) is 32.4 Å². The SMILES string of the molecule is CC(C)(C)OC(=O)NCC(O)C(O)c1c(Cl)cc(Cl)cc1Cl. The average Bonchev–Trinajstić information content (AvgIpc) is 2.32. The highest BCUT2D eigenvalue weighted by Crippen LogP contribution is 2.34. The number of nitrogens with one attached hydrogen (secondary N) is 1. The van der Waals surface area contributed by atoms with Gasteiger partial charge >= 0.3 is 6.09 Å². The van der Waals surface area contributed by atoms with Gasteiger partial charge in [0, 0.05) is 27.2 Å². The van der Waals surface area contributed by atoms with Crippen molar-refractivity contribution in [1.29, 1.82) is 0 Å². The summed E-state index contributed by atoms with van der Waals surface area (Å²) in [6, 6.07) is 2.81. The zero-order valence-corrected chi connectivity index (χ0v) is 14.6. The Balaban J connectivity index is 2.70. The molecule has 1 aromatic carbocycles. The highest BCUT2D eigenvalue weighted by molar-refractivity contribution is 6.39. The molecule has 1 aromatic rings. The van der Waals surface area contributed by atoms with E-state index in [1.165, 1.54) is 12.1 Å². The summed E-state index contributed by atoms with van der Waals surface area (Å²) in [7, 11) is 0. The third-order valence-electron chi connectivity index (χ3n) is 2.56. The molecule has 0 spiro atoms. The van der Waals surface area contributed by atoms with Gasteiger partial charge in [-0.25, -0.2) is 4.79 Å². The number of alkyl carbamates (subject to hydrolysis) is 1. The summed E-state index contributed by atoms with van der Waals surface area (Å²) in [5.74, 6) is 0. The van der Waals surface area contributed by atoms with Crippen LogP contribution >= 0.6 is 34.8 Å². The molecule has 8 heteroatoms. The van der Waals surface area contributed by atoms with Gasteiger partial charge in [0.25, 0.3) is 0 Å². The molecule has 1 rings (SSSR count). The number of carbonyl (C=O) groups excluding carboxylic acids is 1. The molecule has 2 unspecified atom stereocenters. The van der Waals surface area contributed by atoms with Crippen LogP contribution in [0, 0.1) is 0 Å². The molecular weight excluding hydrogens is 353 g/mol. The van der Waals surface area contributed by atoms with Crippen LogP contribution in [-0.4, -0.2) is 34.6 Å². The molecule has 0 aromatic heterocycles. The number of aliphatic hydroxyl groups excluding tert-OH is 2. The zero-order valence-electron chi connectivity index (χ0n) is 12.4. The molecule has 0 radical (unpaired) electrons. The maximum absolute atomic E-state index is 11.5. The van der Waals surface area contributed by atoms with Crippen molar-refractivity contribution in [3.8, 4) is 0 Å². The number of hydrogen-bond donors (Lipinski definition) is 3. The van der Waals surface area contributed by atoms with Gasteiger partial charge in [-0.1, -0.05) is 34.8 Å². The molecule has 124 valence electrons. The number of aliphatic hydroxyl groups is 2. The highest BCUT2D eigenvalue weighted by atomic mass is 35.5. The number of amides is 1. The van der Waals surface area contributed by atoms with Gasteiger partial charge < -0.3 is 20.3 Å². The maximum atomic E-state index is 11.5. The van der Waals surface area contributed by atoms with Crippen LogP contribution in [0.2, 0.25) is 15.1 Å². The summed E-state index contributed by atoms with van der Waals surface area (Å²) in [5, 5.41) is 23.0. The largest absolute Gasteiger partial charge is 0.444 e. The average molecular weight is 371 g/mol. The van der Waals surface area contributed by atoms with E-state index in [-0.39, 0.29) is 22.2 Å². The van der Waals surface area contributed by atoms with Crippen molar-refractivity contribution < 1.29 is 19.7 Å². The first-order chi connectivity index (χ1) is 10.0. The van der Waals surface area contributed by atoms with Gasteiger partial charge in [0.1, 0.15) is 17.8 Å². The Bertz CT molecular complexity index is 522. The minimum Gasteiger partial charge on any atom is -0.444 e. The second kappa shape index (κ2) is 7.70. The van der Waals surface area contributed by atoms with Gasteiger partial charge in [0.15, 0.2) is 0 Å². The smallest absolute Gasteiger partial charge is 0.407 e. The first-order valence-electron chi connectivity index (χ1n) is 6.48. The van der Waals surface area contributed by atoms with Crippen molar-refractivity contribution in [3.05, 3.63) is 32.8 Å². The predicted molar refractivity (Wildman–Crippen MR) is 86.7 cm³/mol. The van der Waals surface area contributed by atoms with E-state index in [9.17, 15) is 15.0 Å². The van der Waals surface area contributed by atoms with Crippen molar-refractivity contribution in [1.82, 2.24) is 5.32 Å². The summed E-state index contributed by atoms with van der Waals surface area (Å²) < 4.78 is 5.02. The molecule has 0 heterocycles. The number of hydrogen-bond acceptors (Lipinski definition) is 4. The molecule has 0 aliphatic carbocycles. The minimum atomic E-state index is -1.38. The molecular formula is C14H18Cl3NO4. The number of rotatable bonds is 4. The monoisotopic (exact) mass is 369 g/mol. The van der Waals surface area contributed by atoms with Gasteiger partial charge in [0.2, 0.25) is 0 Å². The van der Waals surface area contributed by atoms with E-state index >= 15 is 0 Å². The molecule has 0 saturated carbocycles. The fraction of sp³-hybridized carbons (Fsp3) is 0.500. The van der Waals surface area contributed by atoms with Gasteiger partial charge in [-0.3, -0.25) is 0 Å². The quantitative estimate of drug-likeness (QED) is 0.757. The third kappa shape index (κ3) is 5.82. The second-order valence-electron chi connectivity index (χ2n) is 5.68. The zero-order chi connectivity index (χ0) is 17.1. The van der Waals surface area contributed by atoms with Gasteiger partial charge in [-0.15, -0.1) is 0 Å².